The van der Waals surface area contributed by atoms with Gasteiger partial charge >= 0.3 is 0 Å². The molecule has 0 saturated carbocycles. The molecule has 2 atom stereocenters. The van der Waals surface area contributed by atoms with Gasteiger partial charge in [-0.25, -0.2) is 4.39 Å². The Morgan fingerprint density at radius 1 is 1.33 bits per heavy atom. The molecule has 0 aliphatic heterocycles. The molecule has 3 N–H and O–H groups in total. The highest BCUT2D eigenvalue weighted by atomic mass is 19.1. The Morgan fingerprint density at radius 2 is 1.94 bits per heavy atom. The summed E-state index contributed by atoms with van der Waals surface area (Å²) in [7, 11) is 0. The monoisotopic (exact) mass is 254 g/mol. The normalized spacial score (nSPS) is 14.8. The van der Waals surface area contributed by atoms with E-state index in [1.165, 1.54) is 12.1 Å². The van der Waals surface area contributed by atoms with Gasteiger partial charge in [0.25, 0.3) is 0 Å². The number of halogens is 1. The molecule has 0 aromatic heterocycles. The molecule has 0 spiro atoms. The predicted octanol–water partition coefficient (Wildman–Crippen LogP) is 1.92. The number of rotatable bonds is 7. The fourth-order valence-corrected chi connectivity index (χ4v) is 2.27. The van der Waals surface area contributed by atoms with Gasteiger partial charge in [-0.15, -0.1) is 0 Å². The highest BCUT2D eigenvalue weighted by Crippen LogP contribution is 2.23. The summed E-state index contributed by atoms with van der Waals surface area (Å²) in [6, 6.07) is 6.50. The number of nitrogens with two attached hydrogens (primary N) is 1. The quantitative estimate of drug-likeness (QED) is 0.781. The second-order valence-electron chi connectivity index (χ2n) is 4.56. The molecule has 102 valence electrons. The van der Waals surface area contributed by atoms with E-state index in [1.807, 2.05) is 6.92 Å². The third-order valence-electron chi connectivity index (χ3n) is 3.11. The van der Waals surface area contributed by atoms with E-state index >= 15 is 0 Å². The minimum atomic E-state index is -0.236. The Kier molecular flexibility index (Phi) is 6.25. The maximum atomic E-state index is 13.0. The van der Waals surface area contributed by atoms with Crippen LogP contribution in [0.25, 0.3) is 0 Å². The zero-order valence-electron chi connectivity index (χ0n) is 11.1. The van der Waals surface area contributed by atoms with Crippen molar-refractivity contribution in [1.82, 2.24) is 4.90 Å². The van der Waals surface area contributed by atoms with Gasteiger partial charge in [-0.2, -0.15) is 0 Å². The van der Waals surface area contributed by atoms with Crippen molar-refractivity contribution < 1.29 is 9.50 Å². The summed E-state index contributed by atoms with van der Waals surface area (Å²) in [6.07, 6.45) is 0.720. The second kappa shape index (κ2) is 7.46. The molecule has 0 heterocycles. The van der Waals surface area contributed by atoms with Crippen molar-refractivity contribution in [3.8, 4) is 0 Å². The Bertz CT molecular complexity index is 340. The summed E-state index contributed by atoms with van der Waals surface area (Å²) in [5.74, 6) is -0.236. The zero-order valence-corrected chi connectivity index (χ0v) is 11.1. The summed E-state index contributed by atoms with van der Waals surface area (Å²) in [5, 5.41) is 8.93. The van der Waals surface area contributed by atoms with Crippen LogP contribution < -0.4 is 5.73 Å². The van der Waals surface area contributed by atoms with Gasteiger partial charge in [-0.3, -0.25) is 4.90 Å². The van der Waals surface area contributed by atoms with E-state index in [-0.39, 0.29) is 24.5 Å². The maximum Gasteiger partial charge on any atom is 0.123 e. The molecule has 0 aliphatic rings. The smallest absolute Gasteiger partial charge is 0.123 e. The second-order valence-corrected chi connectivity index (χ2v) is 4.56. The molecule has 18 heavy (non-hydrogen) atoms. The van der Waals surface area contributed by atoms with E-state index in [0.29, 0.717) is 0 Å². The van der Waals surface area contributed by atoms with E-state index in [1.54, 1.807) is 12.1 Å². The number of aliphatic hydroxyl groups is 1. The molecular weight excluding hydrogens is 231 g/mol. The average Bonchev–Trinajstić information content (AvgIpc) is 2.35. The van der Waals surface area contributed by atoms with Crippen LogP contribution in [0.5, 0.6) is 0 Å². The lowest BCUT2D eigenvalue weighted by atomic mass is 9.99. The summed E-state index contributed by atoms with van der Waals surface area (Å²) >= 11 is 0. The standard InChI is InChI=1S/C14H23FN2O/c1-3-17(9-4-10-18)14(11(2)16)12-5-7-13(15)8-6-12/h5-8,11,14,18H,3-4,9-10,16H2,1-2H3. The fraction of sp³-hybridized carbons (Fsp3) is 0.571. The third kappa shape index (κ3) is 4.05. The number of aliphatic hydroxyl groups excluding tert-OH is 1. The summed E-state index contributed by atoms with van der Waals surface area (Å²) in [5.41, 5.74) is 7.08. The first kappa shape index (κ1) is 15.1. The molecule has 0 bridgehead atoms. The Morgan fingerprint density at radius 3 is 2.39 bits per heavy atom. The molecule has 1 aromatic carbocycles. The van der Waals surface area contributed by atoms with Crippen molar-refractivity contribution >= 4 is 0 Å². The van der Waals surface area contributed by atoms with Gasteiger partial charge in [0.1, 0.15) is 5.82 Å². The van der Waals surface area contributed by atoms with Crippen LogP contribution in [0.15, 0.2) is 24.3 Å². The van der Waals surface area contributed by atoms with Crippen molar-refractivity contribution in [3.05, 3.63) is 35.6 Å². The molecule has 3 nitrogen and oxygen atoms in total. The molecule has 2 unspecified atom stereocenters. The van der Waals surface area contributed by atoms with Crippen LogP contribution in [-0.4, -0.2) is 35.7 Å². The van der Waals surface area contributed by atoms with Crippen molar-refractivity contribution in [2.75, 3.05) is 19.7 Å². The number of benzene rings is 1. The summed E-state index contributed by atoms with van der Waals surface area (Å²) in [6.45, 7) is 5.83. The lowest BCUT2D eigenvalue weighted by Gasteiger charge is -2.33. The molecule has 0 radical (unpaired) electrons. The molecule has 1 aromatic rings. The number of hydrogen-bond acceptors (Lipinski definition) is 3. The fourth-order valence-electron chi connectivity index (χ4n) is 2.27. The van der Waals surface area contributed by atoms with E-state index in [0.717, 1.165) is 25.1 Å². The minimum Gasteiger partial charge on any atom is -0.396 e. The van der Waals surface area contributed by atoms with Crippen LogP contribution in [0.1, 0.15) is 31.9 Å². The lowest BCUT2D eigenvalue weighted by molar-refractivity contribution is 0.165. The van der Waals surface area contributed by atoms with Crippen molar-refractivity contribution in [2.24, 2.45) is 5.73 Å². The molecule has 0 fully saturated rings. The van der Waals surface area contributed by atoms with Crippen LogP contribution >= 0.6 is 0 Å². The minimum absolute atomic E-state index is 0.0471. The van der Waals surface area contributed by atoms with Crippen LogP contribution in [-0.2, 0) is 0 Å². The highest BCUT2D eigenvalue weighted by Gasteiger charge is 2.22. The van der Waals surface area contributed by atoms with E-state index < -0.39 is 0 Å². The van der Waals surface area contributed by atoms with Crippen molar-refractivity contribution in [3.63, 3.8) is 0 Å². The first-order valence-corrected chi connectivity index (χ1v) is 6.46. The number of hydrogen-bond donors (Lipinski definition) is 2. The Hall–Kier alpha value is -0.970. The maximum absolute atomic E-state index is 13.0. The van der Waals surface area contributed by atoms with Crippen molar-refractivity contribution in [2.45, 2.75) is 32.4 Å². The van der Waals surface area contributed by atoms with Gasteiger partial charge in [-0.1, -0.05) is 19.1 Å². The first-order valence-electron chi connectivity index (χ1n) is 6.46. The molecule has 1 rings (SSSR count). The first-order chi connectivity index (χ1) is 8.60. The number of nitrogens with zero attached hydrogens (tertiary/aromatic N) is 1. The summed E-state index contributed by atoms with van der Waals surface area (Å²) < 4.78 is 13.0. The predicted molar refractivity (Wildman–Crippen MR) is 71.7 cm³/mol. The highest BCUT2D eigenvalue weighted by molar-refractivity contribution is 5.21. The van der Waals surface area contributed by atoms with Crippen LogP contribution in [0.2, 0.25) is 0 Å². The number of likely N-dealkylation sites (N-methyl/N-ethyl adjacent to an activating group) is 1. The van der Waals surface area contributed by atoms with E-state index in [4.69, 9.17) is 10.8 Å². The summed E-state index contributed by atoms with van der Waals surface area (Å²) in [4.78, 5) is 2.22. The lowest BCUT2D eigenvalue weighted by Crippen LogP contribution is -2.40. The molecular formula is C14H23FN2O. The topological polar surface area (TPSA) is 49.5 Å². The average molecular weight is 254 g/mol. The van der Waals surface area contributed by atoms with E-state index in [9.17, 15) is 4.39 Å². The van der Waals surface area contributed by atoms with Crippen LogP contribution in [0.4, 0.5) is 4.39 Å². The third-order valence-corrected chi connectivity index (χ3v) is 3.11. The van der Waals surface area contributed by atoms with Gasteiger partial charge in [0, 0.05) is 25.2 Å². The Balaban J connectivity index is 2.89. The Labute approximate surface area is 108 Å². The SMILES string of the molecule is CCN(CCCO)C(c1ccc(F)cc1)C(C)N. The molecule has 0 amide bonds. The van der Waals surface area contributed by atoms with E-state index in [2.05, 4.69) is 11.8 Å². The van der Waals surface area contributed by atoms with Gasteiger partial charge in [-0.05, 0) is 37.6 Å². The van der Waals surface area contributed by atoms with Crippen molar-refractivity contribution in [1.29, 1.82) is 0 Å². The largest absolute Gasteiger partial charge is 0.396 e. The molecule has 0 aliphatic carbocycles. The molecule has 0 saturated heterocycles. The van der Waals surface area contributed by atoms with Crippen LogP contribution in [0, 0.1) is 5.82 Å². The zero-order chi connectivity index (χ0) is 13.5. The van der Waals surface area contributed by atoms with Crippen LogP contribution in [0.3, 0.4) is 0 Å². The van der Waals surface area contributed by atoms with Gasteiger partial charge in [0.05, 0.1) is 0 Å². The van der Waals surface area contributed by atoms with Gasteiger partial charge in [0.15, 0.2) is 0 Å². The van der Waals surface area contributed by atoms with Gasteiger partial charge in [0.2, 0.25) is 0 Å². The molecule has 4 heteroatoms. The van der Waals surface area contributed by atoms with Gasteiger partial charge < -0.3 is 10.8 Å².